The third-order valence-electron chi connectivity index (χ3n) is 2.73. The van der Waals surface area contributed by atoms with Gasteiger partial charge in [-0.3, -0.25) is 4.98 Å². The molecule has 0 atom stereocenters. The van der Waals surface area contributed by atoms with Crippen LogP contribution in [0.4, 0.5) is 4.39 Å². The van der Waals surface area contributed by atoms with Crippen molar-refractivity contribution in [3.63, 3.8) is 0 Å². The van der Waals surface area contributed by atoms with Crippen LogP contribution in [-0.4, -0.2) is 10.1 Å². The van der Waals surface area contributed by atoms with Gasteiger partial charge in [0.2, 0.25) is 0 Å². The van der Waals surface area contributed by atoms with Gasteiger partial charge >= 0.3 is 0 Å². The first kappa shape index (κ1) is 12.3. The molecule has 0 aliphatic carbocycles. The molecule has 1 heterocycles. The number of aromatic nitrogens is 1. The van der Waals surface area contributed by atoms with Crippen LogP contribution in [0, 0.1) is 12.7 Å². The van der Waals surface area contributed by atoms with E-state index in [0.29, 0.717) is 16.5 Å². The quantitative estimate of drug-likeness (QED) is 0.843. The van der Waals surface area contributed by atoms with Crippen molar-refractivity contribution in [3.05, 3.63) is 40.3 Å². The number of nitrogens with zero attached hydrogens (tertiary/aromatic N) is 1. The number of aryl methyl sites for hydroxylation is 1. The maximum absolute atomic E-state index is 14.1. The fraction of sp³-hybridized carbons (Fsp3) is 0.308. The molecule has 4 heteroatoms. The Labute approximate surface area is 104 Å². The summed E-state index contributed by atoms with van der Waals surface area (Å²) in [7, 11) is 0. The fourth-order valence-corrected chi connectivity index (χ4v) is 2.26. The highest BCUT2D eigenvalue weighted by molar-refractivity contribution is 6.31. The topological polar surface area (TPSA) is 33.1 Å². The van der Waals surface area contributed by atoms with Gasteiger partial charge in [0.1, 0.15) is 0 Å². The van der Waals surface area contributed by atoms with Crippen LogP contribution < -0.4 is 0 Å². The zero-order chi connectivity index (χ0) is 12.8. The van der Waals surface area contributed by atoms with E-state index in [1.165, 1.54) is 6.07 Å². The molecule has 0 aliphatic rings. The summed E-state index contributed by atoms with van der Waals surface area (Å²) < 4.78 is 14.1. The first-order chi connectivity index (χ1) is 7.82. The second kappa shape index (κ2) is 3.93. The standard InChI is InChI=1S/C13H13ClFNO/c1-7-6-16-9-5-4-8(14)12(15)10(9)11(7)13(2,3)17/h4-6,17H,1-3H3. The summed E-state index contributed by atoms with van der Waals surface area (Å²) in [6.45, 7) is 5.03. The lowest BCUT2D eigenvalue weighted by atomic mass is 9.91. The van der Waals surface area contributed by atoms with E-state index in [4.69, 9.17) is 11.6 Å². The minimum atomic E-state index is -1.14. The van der Waals surface area contributed by atoms with Gasteiger partial charge in [0, 0.05) is 11.6 Å². The Balaban J connectivity index is 2.99. The van der Waals surface area contributed by atoms with Crippen molar-refractivity contribution in [3.8, 4) is 0 Å². The van der Waals surface area contributed by atoms with Crippen molar-refractivity contribution in [2.75, 3.05) is 0 Å². The first-order valence-corrected chi connectivity index (χ1v) is 5.66. The first-order valence-electron chi connectivity index (χ1n) is 5.28. The summed E-state index contributed by atoms with van der Waals surface area (Å²) in [6, 6.07) is 3.12. The monoisotopic (exact) mass is 253 g/mol. The summed E-state index contributed by atoms with van der Waals surface area (Å²) >= 11 is 5.78. The van der Waals surface area contributed by atoms with Gasteiger partial charge in [0.05, 0.1) is 16.1 Å². The Kier molecular flexibility index (Phi) is 2.84. The van der Waals surface area contributed by atoms with Crippen molar-refractivity contribution >= 4 is 22.5 Å². The maximum Gasteiger partial charge on any atom is 0.151 e. The minimum absolute atomic E-state index is 0.0374. The van der Waals surface area contributed by atoms with Crippen LogP contribution in [0.5, 0.6) is 0 Å². The van der Waals surface area contributed by atoms with Gasteiger partial charge in [-0.2, -0.15) is 0 Å². The van der Waals surface area contributed by atoms with Gasteiger partial charge in [-0.25, -0.2) is 4.39 Å². The Morgan fingerprint density at radius 2 is 2.00 bits per heavy atom. The van der Waals surface area contributed by atoms with Crippen LogP contribution in [0.3, 0.4) is 0 Å². The van der Waals surface area contributed by atoms with Crippen LogP contribution in [-0.2, 0) is 5.60 Å². The lowest BCUT2D eigenvalue weighted by Crippen LogP contribution is -2.18. The molecule has 0 unspecified atom stereocenters. The Bertz CT molecular complexity index is 585. The summed E-state index contributed by atoms with van der Waals surface area (Å²) in [5, 5.41) is 10.5. The zero-order valence-electron chi connectivity index (χ0n) is 9.88. The molecule has 0 amide bonds. The van der Waals surface area contributed by atoms with Gasteiger partial charge in [-0.05, 0) is 44.0 Å². The molecule has 90 valence electrons. The Morgan fingerprint density at radius 1 is 1.35 bits per heavy atom. The van der Waals surface area contributed by atoms with Crippen molar-refractivity contribution in [2.24, 2.45) is 0 Å². The molecule has 0 bridgehead atoms. The third-order valence-corrected chi connectivity index (χ3v) is 3.02. The average molecular weight is 254 g/mol. The number of benzene rings is 1. The summed E-state index contributed by atoms with van der Waals surface area (Å²) in [4.78, 5) is 4.15. The van der Waals surface area contributed by atoms with Crippen LogP contribution >= 0.6 is 11.6 Å². The molecule has 0 aliphatic heterocycles. The molecule has 1 aromatic carbocycles. The van der Waals surface area contributed by atoms with Gasteiger partial charge < -0.3 is 5.11 Å². The van der Waals surface area contributed by atoms with Crippen LogP contribution in [0.25, 0.3) is 10.9 Å². The average Bonchev–Trinajstić information content (AvgIpc) is 2.22. The van der Waals surface area contributed by atoms with E-state index in [2.05, 4.69) is 4.98 Å². The number of rotatable bonds is 1. The van der Waals surface area contributed by atoms with Crippen LogP contribution in [0.2, 0.25) is 5.02 Å². The highest BCUT2D eigenvalue weighted by Gasteiger charge is 2.24. The predicted molar refractivity (Wildman–Crippen MR) is 66.7 cm³/mol. The van der Waals surface area contributed by atoms with E-state index in [1.54, 1.807) is 33.0 Å². The number of pyridine rings is 1. The van der Waals surface area contributed by atoms with E-state index >= 15 is 0 Å². The van der Waals surface area contributed by atoms with Crippen molar-refractivity contribution < 1.29 is 9.50 Å². The molecule has 2 aromatic rings. The number of hydrogen-bond donors (Lipinski definition) is 1. The van der Waals surface area contributed by atoms with Gasteiger partial charge in [-0.1, -0.05) is 11.6 Å². The van der Waals surface area contributed by atoms with Gasteiger partial charge in [-0.15, -0.1) is 0 Å². The number of fused-ring (bicyclic) bond motifs is 1. The van der Waals surface area contributed by atoms with Crippen molar-refractivity contribution in [1.29, 1.82) is 0 Å². The van der Waals surface area contributed by atoms with Gasteiger partial charge in [0.25, 0.3) is 0 Å². The minimum Gasteiger partial charge on any atom is -0.386 e. The molecule has 2 rings (SSSR count). The third kappa shape index (κ3) is 2.01. The molecule has 0 fully saturated rings. The smallest absolute Gasteiger partial charge is 0.151 e. The van der Waals surface area contributed by atoms with Crippen molar-refractivity contribution in [1.82, 2.24) is 4.98 Å². The summed E-state index contributed by atoms with van der Waals surface area (Å²) in [5.74, 6) is -0.530. The van der Waals surface area contributed by atoms with E-state index < -0.39 is 11.4 Å². The Morgan fingerprint density at radius 3 is 2.59 bits per heavy atom. The molecular weight excluding hydrogens is 241 g/mol. The molecule has 0 spiro atoms. The second-order valence-corrected chi connectivity index (χ2v) is 5.04. The molecular formula is C13H13ClFNO. The molecule has 1 aromatic heterocycles. The van der Waals surface area contributed by atoms with E-state index in [-0.39, 0.29) is 5.02 Å². The van der Waals surface area contributed by atoms with Crippen LogP contribution in [0.15, 0.2) is 18.3 Å². The van der Waals surface area contributed by atoms with E-state index in [0.717, 1.165) is 5.56 Å². The second-order valence-electron chi connectivity index (χ2n) is 4.63. The highest BCUT2D eigenvalue weighted by Crippen LogP contribution is 2.34. The van der Waals surface area contributed by atoms with Crippen LogP contribution in [0.1, 0.15) is 25.0 Å². The highest BCUT2D eigenvalue weighted by atomic mass is 35.5. The van der Waals surface area contributed by atoms with E-state index in [1.807, 2.05) is 0 Å². The normalized spacial score (nSPS) is 12.1. The van der Waals surface area contributed by atoms with E-state index in [9.17, 15) is 9.50 Å². The van der Waals surface area contributed by atoms with Crippen molar-refractivity contribution in [2.45, 2.75) is 26.4 Å². The number of aliphatic hydroxyl groups is 1. The number of halogens is 2. The largest absolute Gasteiger partial charge is 0.386 e. The maximum atomic E-state index is 14.1. The predicted octanol–water partition coefficient (Wildman–Crippen LogP) is 3.56. The lowest BCUT2D eigenvalue weighted by Gasteiger charge is -2.22. The molecule has 0 saturated carbocycles. The molecule has 0 radical (unpaired) electrons. The SMILES string of the molecule is Cc1cnc2ccc(Cl)c(F)c2c1C(C)(C)O. The zero-order valence-corrected chi connectivity index (χ0v) is 10.6. The summed E-state index contributed by atoms with van der Waals surface area (Å²) in [6.07, 6.45) is 1.63. The summed E-state index contributed by atoms with van der Waals surface area (Å²) in [5.41, 5.74) is 0.625. The molecule has 0 saturated heterocycles. The number of hydrogen-bond acceptors (Lipinski definition) is 2. The Hall–Kier alpha value is -1.19. The fourth-order valence-electron chi connectivity index (χ4n) is 2.10. The van der Waals surface area contributed by atoms with Gasteiger partial charge in [0.15, 0.2) is 5.82 Å². The lowest BCUT2D eigenvalue weighted by molar-refractivity contribution is 0.0793. The molecule has 1 N–H and O–H groups in total. The molecule has 17 heavy (non-hydrogen) atoms. The molecule has 2 nitrogen and oxygen atoms in total.